The van der Waals surface area contributed by atoms with Gasteiger partial charge in [-0.1, -0.05) is 20.3 Å². The Bertz CT molecular complexity index is 599. The molecule has 0 spiro atoms. The van der Waals surface area contributed by atoms with Crippen LogP contribution in [0.1, 0.15) is 43.5 Å². The number of amides is 1. The SMILES string of the molecule is CCC1(C)CCN(C(=O)c2csc(S(N)(=O)=O)c2)CC1. The van der Waals surface area contributed by atoms with Crippen molar-refractivity contribution < 1.29 is 13.2 Å². The number of hydrogen-bond donors (Lipinski definition) is 1. The summed E-state index contributed by atoms with van der Waals surface area (Å²) in [5.74, 6) is -0.102. The van der Waals surface area contributed by atoms with Gasteiger partial charge in [-0.2, -0.15) is 0 Å². The number of nitrogens with two attached hydrogens (primary N) is 1. The number of carbonyl (C=O) groups is 1. The molecule has 0 unspecified atom stereocenters. The fourth-order valence-electron chi connectivity index (χ4n) is 2.36. The van der Waals surface area contributed by atoms with Crippen molar-refractivity contribution >= 4 is 27.3 Å². The monoisotopic (exact) mass is 316 g/mol. The Kier molecular flexibility index (Phi) is 4.22. The van der Waals surface area contributed by atoms with E-state index >= 15 is 0 Å². The number of piperidine rings is 1. The molecule has 0 aromatic carbocycles. The molecule has 2 heterocycles. The second-order valence-electron chi connectivity index (χ2n) is 5.66. The average molecular weight is 316 g/mol. The predicted octanol–water partition coefficient (Wildman–Crippen LogP) is 2.05. The van der Waals surface area contributed by atoms with Crippen molar-refractivity contribution in [2.24, 2.45) is 10.6 Å². The average Bonchev–Trinajstić information content (AvgIpc) is 2.88. The Morgan fingerprint density at radius 1 is 1.45 bits per heavy atom. The molecule has 0 radical (unpaired) electrons. The van der Waals surface area contributed by atoms with E-state index in [0.717, 1.165) is 43.7 Å². The molecule has 1 aliphatic heterocycles. The molecule has 7 heteroatoms. The van der Waals surface area contributed by atoms with Crippen molar-refractivity contribution in [2.45, 2.75) is 37.3 Å². The van der Waals surface area contributed by atoms with E-state index in [1.807, 2.05) is 0 Å². The quantitative estimate of drug-likeness (QED) is 0.926. The van der Waals surface area contributed by atoms with Gasteiger partial charge < -0.3 is 4.90 Å². The van der Waals surface area contributed by atoms with Crippen LogP contribution in [0.2, 0.25) is 0 Å². The van der Waals surface area contributed by atoms with Gasteiger partial charge in [-0.25, -0.2) is 13.6 Å². The molecule has 0 aliphatic carbocycles. The summed E-state index contributed by atoms with van der Waals surface area (Å²) in [6.07, 6.45) is 3.09. The molecule has 5 nitrogen and oxygen atoms in total. The molecule has 1 aromatic heterocycles. The van der Waals surface area contributed by atoms with E-state index in [-0.39, 0.29) is 10.1 Å². The van der Waals surface area contributed by atoms with Gasteiger partial charge in [-0.3, -0.25) is 4.79 Å². The number of likely N-dealkylation sites (tertiary alicyclic amines) is 1. The first-order chi connectivity index (χ1) is 9.25. The van der Waals surface area contributed by atoms with Crippen molar-refractivity contribution in [3.8, 4) is 0 Å². The number of sulfonamides is 1. The third kappa shape index (κ3) is 3.21. The maximum Gasteiger partial charge on any atom is 0.254 e. The third-order valence-electron chi connectivity index (χ3n) is 4.21. The van der Waals surface area contributed by atoms with Crippen molar-refractivity contribution in [1.82, 2.24) is 4.90 Å². The van der Waals surface area contributed by atoms with Gasteiger partial charge in [-0.15, -0.1) is 11.3 Å². The Morgan fingerprint density at radius 2 is 2.05 bits per heavy atom. The molecule has 0 bridgehead atoms. The zero-order valence-corrected chi connectivity index (χ0v) is 13.4. The lowest BCUT2D eigenvalue weighted by molar-refractivity contribution is 0.0600. The molecule has 0 atom stereocenters. The van der Waals surface area contributed by atoms with Crippen molar-refractivity contribution in [2.75, 3.05) is 13.1 Å². The first-order valence-corrected chi connectivity index (χ1v) is 9.08. The topological polar surface area (TPSA) is 80.5 Å². The minimum Gasteiger partial charge on any atom is -0.339 e. The fraction of sp³-hybridized carbons (Fsp3) is 0.615. The molecule has 112 valence electrons. The maximum atomic E-state index is 12.3. The highest BCUT2D eigenvalue weighted by atomic mass is 32.2. The zero-order valence-electron chi connectivity index (χ0n) is 11.8. The largest absolute Gasteiger partial charge is 0.339 e. The summed E-state index contributed by atoms with van der Waals surface area (Å²) < 4.78 is 22.5. The van der Waals surface area contributed by atoms with E-state index in [0.29, 0.717) is 11.0 Å². The molecular weight excluding hydrogens is 296 g/mol. The number of hydrogen-bond acceptors (Lipinski definition) is 4. The normalized spacial score (nSPS) is 19.1. The highest BCUT2D eigenvalue weighted by Gasteiger charge is 2.31. The zero-order chi connectivity index (χ0) is 15.0. The summed E-state index contributed by atoms with van der Waals surface area (Å²) in [6, 6.07) is 1.37. The van der Waals surface area contributed by atoms with Crippen LogP contribution in [0.4, 0.5) is 0 Å². The van der Waals surface area contributed by atoms with Gasteiger partial charge in [0.25, 0.3) is 5.91 Å². The van der Waals surface area contributed by atoms with Crippen LogP contribution in [0.15, 0.2) is 15.7 Å². The van der Waals surface area contributed by atoms with E-state index < -0.39 is 10.0 Å². The smallest absolute Gasteiger partial charge is 0.254 e. The van der Waals surface area contributed by atoms with Gasteiger partial charge >= 0.3 is 0 Å². The molecule has 2 rings (SSSR count). The molecule has 2 N–H and O–H groups in total. The van der Waals surface area contributed by atoms with Crippen LogP contribution in [-0.4, -0.2) is 32.3 Å². The molecule has 1 amide bonds. The van der Waals surface area contributed by atoms with Gasteiger partial charge in [-0.05, 0) is 24.3 Å². The summed E-state index contributed by atoms with van der Waals surface area (Å²) in [4.78, 5) is 14.1. The summed E-state index contributed by atoms with van der Waals surface area (Å²) in [5.41, 5.74) is 0.733. The highest BCUT2D eigenvalue weighted by molar-refractivity contribution is 7.91. The number of rotatable bonds is 3. The lowest BCUT2D eigenvalue weighted by atomic mass is 9.78. The molecule has 1 aromatic rings. The lowest BCUT2D eigenvalue weighted by Crippen LogP contribution is -2.41. The van der Waals surface area contributed by atoms with Crippen molar-refractivity contribution in [3.63, 3.8) is 0 Å². The number of carbonyl (C=O) groups excluding carboxylic acids is 1. The molecule has 0 saturated carbocycles. The first-order valence-electron chi connectivity index (χ1n) is 6.66. The highest BCUT2D eigenvalue weighted by Crippen LogP contribution is 2.34. The predicted molar refractivity (Wildman–Crippen MR) is 79.2 cm³/mol. The number of nitrogens with zero attached hydrogens (tertiary/aromatic N) is 1. The lowest BCUT2D eigenvalue weighted by Gasteiger charge is -2.38. The Morgan fingerprint density at radius 3 is 2.50 bits per heavy atom. The van der Waals surface area contributed by atoms with Gasteiger partial charge in [0.2, 0.25) is 10.0 Å². The van der Waals surface area contributed by atoms with Crippen LogP contribution in [0.3, 0.4) is 0 Å². The second kappa shape index (κ2) is 5.46. The van der Waals surface area contributed by atoms with E-state index in [4.69, 9.17) is 5.14 Å². The maximum absolute atomic E-state index is 12.3. The van der Waals surface area contributed by atoms with Gasteiger partial charge in [0.15, 0.2) is 0 Å². The second-order valence-corrected chi connectivity index (χ2v) is 8.36. The Labute approximate surface area is 123 Å². The first kappa shape index (κ1) is 15.5. The number of thiophene rings is 1. The minimum absolute atomic E-state index is 0.0382. The van der Waals surface area contributed by atoms with Crippen molar-refractivity contribution in [1.29, 1.82) is 0 Å². The van der Waals surface area contributed by atoms with Gasteiger partial charge in [0.1, 0.15) is 4.21 Å². The summed E-state index contributed by atoms with van der Waals surface area (Å²) in [7, 11) is -3.72. The minimum atomic E-state index is -3.72. The van der Waals surface area contributed by atoms with E-state index in [2.05, 4.69) is 13.8 Å². The van der Waals surface area contributed by atoms with Gasteiger partial charge in [0.05, 0.1) is 5.56 Å². The molecule has 20 heavy (non-hydrogen) atoms. The Balaban J connectivity index is 2.08. The fourth-order valence-corrected chi connectivity index (χ4v) is 3.94. The van der Waals surface area contributed by atoms with E-state index in [1.165, 1.54) is 6.07 Å². The van der Waals surface area contributed by atoms with Crippen LogP contribution < -0.4 is 5.14 Å². The molecule has 1 fully saturated rings. The van der Waals surface area contributed by atoms with Crippen LogP contribution in [0, 0.1) is 5.41 Å². The van der Waals surface area contributed by atoms with Crippen LogP contribution in [0.5, 0.6) is 0 Å². The van der Waals surface area contributed by atoms with Crippen LogP contribution >= 0.6 is 11.3 Å². The third-order valence-corrected chi connectivity index (χ3v) is 6.60. The van der Waals surface area contributed by atoms with Crippen LogP contribution in [-0.2, 0) is 10.0 Å². The van der Waals surface area contributed by atoms with Crippen LogP contribution in [0.25, 0.3) is 0 Å². The van der Waals surface area contributed by atoms with Gasteiger partial charge in [0, 0.05) is 18.5 Å². The standard InChI is InChI=1S/C13H20N2O3S2/c1-3-13(2)4-6-15(7-5-13)12(16)10-8-11(19-9-10)20(14,17)18/h8-9H,3-7H2,1-2H3,(H2,14,17,18). The van der Waals surface area contributed by atoms with Crippen molar-refractivity contribution in [3.05, 3.63) is 17.0 Å². The van der Waals surface area contributed by atoms with E-state index in [1.54, 1.807) is 10.3 Å². The van der Waals surface area contributed by atoms with E-state index in [9.17, 15) is 13.2 Å². The molecule has 1 aliphatic rings. The molecular formula is C13H20N2O3S2. The Hall–Kier alpha value is -0.920. The summed E-state index contributed by atoms with van der Waals surface area (Å²) in [6.45, 7) is 5.88. The summed E-state index contributed by atoms with van der Waals surface area (Å²) in [5, 5.41) is 6.63. The number of primary sulfonamides is 1. The molecule has 1 saturated heterocycles. The summed E-state index contributed by atoms with van der Waals surface area (Å²) >= 11 is 0.993.